The predicted octanol–water partition coefficient (Wildman–Crippen LogP) is 2.17. The number of aliphatic carboxylic acids is 1. The lowest BCUT2D eigenvalue weighted by Gasteiger charge is -2.24. The van der Waals surface area contributed by atoms with Gasteiger partial charge in [-0.05, 0) is 31.9 Å². The molecule has 0 radical (unpaired) electrons. The van der Waals surface area contributed by atoms with Crippen molar-refractivity contribution in [2.24, 2.45) is 5.41 Å². The quantitative estimate of drug-likeness (QED) is 0.902. The van der Waals surface area contributed by atoms with E-state index < -0.39 is 21.2 Å². The zero-order valence-corrected chi connectivity index (χ0v) is 13.2. The van der Waals surface area contributed by atoms with Gasteiger partial charge in [0.1, 0.15) is 0 Å². The van der Waals surface area contributed by atoms with Crippen LogP contribution < -0.4 is 4.90 Å². The molecule has 116 valence electrons. The summed E-state index contributed by atoms with van der Waals surface area (Å²) in [5.41, 5.74) is -0.197. The van der Waals surface area contributed by atoms with Crippen LogP contribution in [-0.2, 0) is 14.6 Å². The summed E-state index contributed by atoms with van der Waals surface area (Å²) in [7, 11) is -3.33. The Hall–Kier alpha value is -1.56. The second-order valence-corrected chi connectivity index (χ2v) is 7.90. The molecule has 0 aromatic heterocycles. The summed E-state index contributed by atoms with van der Waals surface area (Å²) in [4.78, 5) is 13.5. The van der Waals surface area contributed by atoms with Crippen LogP contribution >= 0.6 is 0 Å². The number of carbonyl (C=O) groups is 1. The maximum Gasteiger partial charge on any atom is 0.311 e. The number of anilines is 1. The highest BCUT2D eigenvalue weighted by atomic mass is 32.2. The summed E-state index contributed by atoms with van der Waals surface area (Å²) < 4.78 is 24.7. The molecule has 1 aliphatic rings. The van der Waals surface area contributed by atoms with Crippen LogP contribution in [0.3, 0.4) is 0 Å². The largest absolute Gasteiger partial charge is 0.481 e. The molecule has 1 aromatic rings. The van der Waals surface area contributed by atoms with Crippen molar-refractivity contribution in [3.63, 3.8) is 0 Å². The maximum atomic E-state index is 12.4. The Labute approximate surface area is 125 Å². The second kappa shape index (κ2) is 5.67. The van der Waals surface area contributed by atoms with E-state index in [1.807, 2.05) is 11.8 Å². The molecule has 1 N–H and O–H groups in total. The van der Waals surface area contributed by atoms with Gasteiger partial charge in [0.05, 0.1) is 21.8 Å². The molecule has 0 amide bonds. The fraction of sp³-hybridized carbons (Fsp3) is 0.533. The number of para-hydroxylation sites is 1. The van der Waals surface area contributed by atoms with Gasteiger partial charge in [0.2, 0.25) is 0 Å². The van der Waals surface area contributed by atoms with Crippen molar-refractivity contribution in [1.82, 2.24) is 0 Å². The normalized spacial score (nSPS) is 22.5. The van der Waals surface area contributed by atoms with Crippen molar-refractivity contribution in [2.45, 2.75) is 31.6 Å². The number of rotatable bonds is 5. The maximum absolute atomic E-state index is 12.4. The van der Waals surface area contributed by atoms with Crippen LogP contribution in [0.4, 0.5) is 5.69 Å². The third kappa shape index (κ3) is 3.05. The van der Waals surface area contributed by atoms with Crippen LogP contribution in [0.25, 0.3) is 0 Å². The smallest absolute Gasteiger partial charge is 0.311 e. The van der Waals surface area contributed by atoms with E-state index >= 15 is 0 Å². The average molecular weight is 311 g/mol. The van der Waals surface area contributed by atoms with E-state index in [4.69, 9.17) is 0 Å². The molecule has 0 aliphatic carbocycles. The van der Waals surface area contributed by atoms with Crippen LogP contribution in [0, 0.1) is 5.41 Å². The van der Waals surface area contributed by atoms with Crippen molar-refractivity contribution < 1.29 is 18.3 Å². The Morgan fingerprint density at radius 2 is 2.05 bits per heavy atom. The van der Waals surface area contributed by atoms with Gasteiger partial charge in [-0.25, -0.2) is 8.42 Å². The highest BCUT2D eigenvalue weighted by Gasteiger charge is 2.41. The van der Waals surface area contributed by atoms with Crippen LogP contribution in [0.2, 0.25) is 0 Å². The van der Waals surface area contributed by atoms with Crippen molar-refractivity contribution in [3.05, 3.63) is 24.3 Å². The molecule has 6 heteroatoms. The minimum absolute atomic E-state index is 0.105. The molecule has 0 bridgehead atoms. The Balaban J connectivity index is 2.37. The topological polar surface area (TPSA) is 74.7 Å². The Kier molecular flexibility index (Phi) is 4.27. The second-order valence-electron chi connectivity index (χ2n) is 5.82. The molecule has 5 nitrogen and oxygen atoms in total. The Morgan fingerprint density at radius 1 is 1.38 bits per heavy atom. The standard InChI is InChI=1S/C15H21NO4S/c1-3-10-21(19,20)13-7-5-4-6-12(13)16-9-8-15(2,11-16)14(17)18/h4-7H,3,8-11H2,1-2H3,(H,17,18). The number of hydrogen-bond acceptors (Lipinski definition) is 4. The fourth-order valence-electron chi connectivity index (χ4n) is 2.70. The number of carboxylic acids is 1. The van der Waals surface area contributed by atoms with Gasteiger partial charge in [-0.1, -0.05) is 19.1 Å². The third-order valence-electron chi connectivity index (χ3n) is 4.00. The van der Waals surface area contributed by atoms with Crippen LogP contribution in [-0.4, -0.2) is 38.3 Å². The monoisotopic (exact) mass is 311 g/mol. The summed E-state index contributed by atoms with van der Waals surface area (Å²) in [6, 6.07) is 6.86. The number of sulfone groups is 1. The molecule has 1 unspecified atom stereocenters. The third-order valence-corrected chi connectivity index (χ3v) is 5.96. The first-order valence-electron chi connectivity index (χ1n) is 7.10. The van der Waals surface area contributed by atoms with Gasteiger partial charge >= 0.3 is 5.97 Å². The summed E-state index contributed by atoms with van der Waals surface area (Å²) in [6.45, 7) is 4.43. The highest BCUT2D eigenvalue weighted by Crippen LogP contribution is 2.36. The van der Waals surface area contributed by atoms with E-state index in [1.165, 1.54) is 0 Å². The van der Waals surface area contributed by atoms with Crippen molar-refractivity contribution in [1.29, 1.82) is 0 Å². The number of benzene rings is 1. The summed E-state index contributed by atoms with van der Waals surface area (Å²) >= 11 is 0. The first-order valence-corrected chi connectivity index (χ1v) is 8.75. The molecule has 1 fully saturated rings. The van der Waals surface area contributed by atoms with E-state index in [9.17, 15) is 18.3 Å². The lowest BCUT2D eigenvalue weighted by atomic mass is 9.90. The van der Waals surface area contributed by atoms with E-state index in [2.05, 4.69) is 0 Å². The molecule has 1 saturated heterocycles. The molecule has 1 heterocycles. The van der Waals surface area contributed by atoms with E-state index in [0.29, 0.717) is 36.5 Å². The minimum Gasteiger partial charge on any atom is -0.481 e. The van der Waals surface area contributed by atoms with Gasteiger partial charge in [-0.3, -0.25) is 4.79 Å². The zero-order valence-electron chi connectivity index (χ0n) is 12.4. The SMILES string of the molecule is CCCS(=O)(=O)c1ccccc1N1CCC(C)(C(=O)O)C1. The average Bonchev–Trinajstić information content (AvgIpc) is 2.83. The lowest BCUT2D eigenvalue weighted by Crippen LogP contribution is -2.32. The van der Waals surface area contributed by atoms with Crippen LogP contribution in [0.1, 0.15) is 26.7 Å². The lowest BCUT2D eigenvalue weighted by molar-refractivity contribution is -0.146. The first-order chi connectivity index (χ1) is 9.80. The van der Waals surface area contributed by atoms with E-state index in [0.717, 1.165) is 0 Å². The highest BCUT2D eigenvalue weighted by molar-refractivity contribution is 7.91. The van der Waals surface area contributed by atoms with E-state index in [1.54, 1.807) is 31.2 Å². The molecular formula is C15H21NO4S. The summed E-state index contributed by atoms with van der Waals surface area (Å²) in [6.07, 6.45) is 1.08. The molecular weight excluding hydrogens is 290 g/mol. The Morgan fingerprint density at radius 3 is 2.62 bits per heavy atom. The van der Waals surface area contributed by atoms with Gasteiger partial charge in [-0.2, -0.15) is 0 Å². The van der Waals surface area contributed by atoms with Gasteiger partial charge in [0.25, 0.3) is 0 Å². The molecule has 2 rings (SSSR count). The fourth-order valence-corrected chi connectivity index (χ4v) is 4.26. The van der Waals surface area contributed by atoms with Crippen molar-refractivity contribution in [3.8, 4) is 0 Å². The van der Waals surface area contributed by atoms with Crippen LogP contribution in [0.15, 0.2) is 29.2 Å². The number of nitrogens with zero attached hydrogens (tertiary/aromatic N) is 1. The van der Waals surface area contributed by atoms with Gasteiger partial charge in [0.15, 0.2) is 9.84 Å². The van der Waals surface area contributed by atoms with Crippen molar-refractivity contribution in [2.75, 3.05) is 23.7 Å². The molecule has 1 aliphatic heterocycles. The summed E-state index contributed by atoms with van der Waals surface area (Å²) in [5.74, 6) is -0.729. The first kappa shape index (κ1) is 15.8. The molecule has 1 aromatic carbocycles. The van der Waals surface area contributed by atoms with Gasteiger partial charge in [-0.15, -0.1) is 0 Å². The molecule has 21 heavy (non-hydrogen) atoms. The zero-order chi connectivity index (χ0) is 15.7. The number of carboxylic acid groups (broad SMARTS) is 1. The molecule has 0 saturated carbocycles. The number of hydrogen-bond donors (Lipinski definition) is 1. The van der Waals surface area contributed by atoms with Crippen molar-refractivity contribution >= 4 is 21.5 Å². The van der Waals surface area contributed by atoms with Gasteiger partial charge < -0.3 is 10.0 Å². The Bertz CT molecular complexity index is 641. The molecule has 0 spiro atoms. The van der Waals surface area contributed by atoms with Crippen LogP contribution in [0.5, 0.6) is 0 Å². The summed E-state index contributed by atoms with van der Waals surface area (Å²) in [5, 5.41) is 9.31. The molecule has 1 atom stereocenters. The van der Waals surface area contributed by atoms with Gasteiger partial charge in [0, 0.05) is 13.1 Å². The van der Waals surface area contributed by atoms with E-state index in [-0.39, 0.29) is 5.75 Å². The minimum atomic E-state index is -3.33. The predicted molar refractivity (Wildman–Crippen MR) is 81.4 cm³/mol.